The van der Waals surface area contributed by atoms with Crippen LogP contribution in [-0.2, 0) is 4.74 Å². The van der Waals surface area contributed by atoms with Crippen LogP contribution in [0.4, 0.5) is 4.39 Å². The van der Waals surface area contributed by atoms with Gasteiger partial charge in [-0.3, -0.25) is 9.59 Å². The first-order valence-corrected chi connectivity index (χ1v) is 11.3. The van der Waals surface area contributed by atoms with E-state index in [1.807, 2.05) is 13.8 Å². The Balaban J connectivity index is 1.90. The molecule has 0 bridgehead atoms. The van der Waals surface area contributed by atoms with E-state index in [-0.39, 0.29) is 28.4 Å². The van der Waals surface area contributed by atoms with Crippen molar-refractivity contribution in [2.75, 3.05) is 34.5 Å². The van der Waals surface area contributed by atoms with Crippen LogP contribution in [-0.4, -0.2) is 51.4 Å². The van der Waals surface area contributed by atoms with E-state index in [1.165, 1.54) is 33.5 Å². The van der Waals surface area contributed by atoms with Gasteiger partial charge >= 0.3 is 0 Å². The molecular formula is C26H28FNO7. The van der Waals surface area contributed by atoms with Gasteiger partial charge in [0.05, 0.1) is 44.4 Å². The first kappa shape index (κ1) is 24.5. The van der Waals surface area contributed by atoms with E-state index in [2.05, 4.69) is 0 Å². The second kappa shape index (κ2) is 9.95. The van der Waals surface area contributed by atoms with E-state index in [9.17, 15) is 14.0 Å². The summed E-state index contributed by atoms with van der Waals surface area (Å²) in [5, 5.41) is 0.0685. The molecule has 2 heterocycles. The number of hydrogen-bond acceptors (Lipinski definition) is 7. The fourth-order valence-electron chi connectivity index (χ4n) is 4.38. The number of carbonyl (C=O) groups excluding carboxylic acids is 1. The zero-order chi connectivity index (χ0) is 25.3. The number of rotatable bonds is 9. The van der Waals surface area contributed by atoms with Gasteiger partial charge in [-0.1, -0.05) is 0 Å². The van der Waals surface area contributed by atoms with Crippen LogP contribution in [0.25, 0.3) is 11.0 Å². The van der Waals surface area contributed by atoms with Crippen LogP contribution in [0.15, 0.2) is 39.5 Å². The Kier molecular flexibility index (Phi) is 6.98. The Morgan fingerprint density at radius 1 is 1.03 bits per heavy atom. The molecule has 0 spiro atoms. The molecule has 4 rings (SSSR count). The van der Waals surface area contributed by atoms with Crippen molar-refractivity contribution in [3.8, 4) is 17.2 Å². The van der Waals surface area contributed by atoms with Crippen LogP contribution in [0.1, 0.15) is 48.0 Å². The molecule has 1 amide bonds. The highest BCUT2D eigenvalue weighted by Crippen LogP contribution is 2.45. The fourth-order valence-corrected chi connectivity index (χ4v) is 4.38. The Morgan fingerprint density at radius 2 is 1.71 bits per heavy atom. The molecule has 1 aromatic heterocycles. The summed E-state index contributed by atoms with van der Waals surface area (Å²) < 4.78 is 41.9. The molecule has 0 aliphatic carbocycles. The maximum absolute atomic E-state index is 14.0. The number of nitrogens with zero attached hydrogens (tertiary/aromatic N) is 1. The monoisotopic (exact) mass is 485 g/mol. The zero-order valence-corrected chi connectivity index (χ0v) is 20.3. The molecule has 0 radical (unpaired) electrons. The minimum absolute atomic E-state index is 0.0517. The van der Waals surface area contributed by atoms with Crippen LogP contribution in [0.2, 0.25) is 0 Å². The lowest BCUT2D eigenvalue weighted by Crippen LogP contribution is -2.31. The normalized spacial score (nSPS) is 15.1. The molecule has 1 aliphatic heterocycles. The second-order valence-electron chi connectivity index (χ2n) is 8.45. The first-order valence-electron chi connectivity index (χ1n) is 11.3. The van der Waals surface area contributed by atoms with E-state index in [1.54, 1.807) is 17.0 Å². The summed E-state index contributed by atoms with van der Waals surface area (Å²) in [5.41, 5.74) is 0.400. The fraction of sp³-hybridized carbons (Fsp3) is 0.385. The largest absolute Gasteiger partial charge is 0.493 e. The first-order chi connectivity index (χ1) is 16.8. The molecule has 0 unspecified atom stereocenters. The average molecular weight is 486 g/mol. The van der Waals surface area contributed by atoms with Gasteiger partial charge in [0.25, 0.3) is 5.91 Å². The number of methoxy groups -OCH3 is 3. The highest BCUT2D eigenvalue weighted by Gasteiger charge is 2.43. The van der Waals surface area contributed by atoms with E-state index < -0.39 is 23.2 Å². The molecular weight excluding hydrogens is 457 g/mol. The van der Waals surface area contributed by atoms with Crippen LogP contribution in [0.3, 0.4) is 0 Å². The Bertz CT molecular complexity index is 1290. The third-order valence-corrected chi connectivity index (χ3v) is 5.93. The Morgan fingerprint density at radius 3 is 2.31 bits per heavy atom. The highest BCUT2D eigenvalue weighted by atomic mass is 19.1. The molecule has 1 atom stereocenters. The average Bonchev–Trinajstić information content (AvgIpc) is 3.12. The van der Waals surface area contributed by atoms with Crippen LogP contribution in [0.5, 0.6) is 17.2 Å². The number of carbonyl (C=O) groups is 1. The zero-order valence-electron chi connectivity index (χ0n) is 20.3. The lowest BCUT2D eigenvalue weighted by molar-refractivity contribution is 0.0593. The summed E-state index contributed by atoms with van der Waals surface area (Å²) in [6.45, 7) is 4.61. The maximum atomic E-state index is 14.0. The van der Waals surface area contributed by atoms with Crippen molar-refractivity contribution in [3.63, 3.8) is 0 Å². The molecule has 0 N–H and O–H groups in total. The van der Waals surface area contributed by atoms with Gasteiger partial charge in [0.1, 0.15) is 11.4 Å². The lowest BCUT2D eigenvalue weighted by atomic mass is 9.97. The van der Waals surface area contributed by atoms with E-state index in [4.69, 9.17) is 23.4 Å². The molecule has 1 aliphatic rings. The standard InChI is InChI=1S/C26H28FNO7/c1-14(2)34-10-6-9-28-22(15-11-19(31-3)24(33-5)20(12-15)32-4)21-23(29)17-13-16(27)7-8-18(17)35-25(21)26(28)30/h7-8,11-14,22H,6,9-10H2,1-5H3/t22-/m0/s1. The van der Waals surface area contributed by atoms with Crippen LogP contribution >= 0.6 is 0 Å². The highest BCUT2D eigenvalue weighted by molar-refractivity contribution is 5.99. The van der Waals surface area contributed by atoms with Crippen molar-refractivity contribution in [3.05, 3.63) is 63.3 Å². The molecule has 0 fully saturated rings. The third-order valence-electron chi connectivity index (χ3n) is 5.93. The molecule has 35 heavy (non-hydrogen) atoms. The van der Waals surface area contributed by atoms with Crippen molar-refractivity contribution >= 4 is 16.9 Å². The minimum atomic E-state index is -0.797. The summed E-state index contributed by atoms with van der Waals surface area (Å²) in [5.74, 6) is 0.0854. The molecule has 3 aromatic rings. The maximum Gasteiger partial charge on any atom is 0.290 e. The number of hydrogen-bond donors (Lipinski definition) is 0. The number of ether oxygens (including phenoxy) is 4. The van der Waals surface area contributed by atoms with E-state index in [0.29, 0.717) is 42.4 Å². The van der Waals surface area contributed by atoms with Gasteiger partial charge in [0.15, 0.2) is 16.9 Å². The van der Waals surface area contributed by atoms with Crippen molar-refractivity contribution in [1.82, 2.24) is 4.90 Å². The van der Waals surface area contributed by atoms with Crippen molar-refractivity contribution < 1.29 is 32.5 Å². The van der Waals surface area contributed by atoms with Crippen molar-refractivity contribution in [2.45, 2.75) is 32.4 Å². The minimum Gasteiger partial charge on any atom is -0.493 e. The number of benzene rings is 2. The Labute approximate surface area is 202 Å². The number of halogens is 1. The molecule has 0 saturated heterocycles. The number of amides is 1. The molecule has 2 aromatic carbocycles. The van der Waals surface area contributed by atoms with Gasteiger partial charge in [-0.2, -0.15) is 0 Å². The second-order valence-corrected chi connectivity index (χ2v) is 8.45. The van der Waals surface area contributed by atoms with E-state index >= 15 is 0 Å². The molecule has 8 nitrogen and oxygen atoms in total. The van der Waals surface area contributed by atoms with Gasteiger partial charge in [-0.25, -0.2) is 4.39 Å². The summed E-state index contributed by atoms with van der Waals surface area (Å²) in [7, 11) is 4.46. The SMILES string of the molecule is COc1cc([C@H]2c3c(oc4ccc(F)cc4c3=O)C(=O)N2CCCOC(C)C)cc(OC)c1OC. The Hall–Kier alpha value is -3.59. The topological polar surface area (TPSA) is 87.4 Å². The number of fused-ring (bicyclic) bond motifs is 2. The van der Waals surface area contributed by atoms with Crippen LogP contribution < -0.4 is 19.6 Å². The van der Waals surface area contributed by atoms with E-state index in [0.717, 1.165) is 6.07 Å². The van der Waals surface area contributed by atoms with Gasteiger partial charge in [0.2, 0.25) is 11.5 Å². The van der Waals surface area contributed by atoms with Gasteiger partial charge in [0, 0.05) is 13.2 Å². The lowest BCUT2D eigenvalue weighted by Gasteiger charge is -2.26. The third kappa shape index (κ3) is 4.43. The summed E-state index contributed by atoms with van der Waals surface area (Å²) in [4.78, 5) is 28.6. The molecule has 9 heteroatoms. The quantitative estimate of drug-likeness (QED) is 0.417. The smallest absolute Gasteiger partial charge is 0.290 e. The summed E-state index contributed by atoms with van der Waals surface area (Å²) >= 11 is 0. The van der Waals surface area contributed by atoms with Crippen LogP contribution in [0, 0.1) is 5.82 Å². The molecule has 186 valence electrons. The molecule has 0 saturated carbocycles. The summed E-state index contributed by atoms with van der Waals surface area (Å²) in [6, 6.07) is 6.26. The predicted octanol–water partition coefficient (Wildman–Crippen LogP) is 4.32. The van der Waals surface area contributed by atoms with Gasteiger partial charge < -0.3 is 28.3 Å². The predicted molar refractivity (Wildman–Crippen MR) is 127 cm³/mol. The summed E-state index contributed by atoms with van der Waals surface area (Å²) in [6.07, 6.45) is 0.595. The van der Waals surface area contributed by atoms with Gasteiger partial charge in [-0.15, -0.1) is 0 Å². The van der Waals surface area contributed by atoms with Gasteiger partial charge in [-0.05, 0) is 56.2 Å². The van der Waals surface area contributed by atoms with Crippen molar-refractivity contribution in [2.24, 2.45) is 0 Å². The van der Waals surface area contributed by atoms with Crippen molar-refractivity contribution in [1.29, 1.82) is 0 Å².